The maximum atomic E-state index is 11.8. The van der Waals surface area contributed by atoms with Crippen LogP contribution in [0.1, 0.15) is 19.3 Å². The zero-order valence-corrected chi connectivity index (χ0v) is 11.6. The van der Waals surface area contributed by atoms with Gasteiger partial charge in [-0.3, -0.25) is 0 Å². The smallest absolute Gasteiger partial charge is 0.410 e. The minimum absolute atomic E-state index is 0.0774. The summed E-state index contributed by atoms with van der Waals surface area (Å²) in [5, 5.41) is 17.7. The fourth-order valence-corrected chi connectivity index (χ4v) is 2.00. The number of likely N-dealkylation sites (tertiary alicyclic amines) is 1. The van der Waals surface area contributed by atoms with E-state index in [9.17, 15) is 4.79 Å². The highest BCUT2D eigenvalue weighted by Gasteiger charge is 2.32. The number of piperidine rings is 1. The molecule has 0 saturated carbocycles. The Hall–Kier alpha value is -2.23. The lowest BCUT2D eigenvalue weighted by molar-refractivity contribution is 0.0492. The molecule has 0 aromatic heterocycles. The van der Waals surface area contributed by atoms with E-state index in [1.807, 2.05) is 0 Å². The van der Waals surface area contributed by atoms with E-state index in [4.69, 9.17) is 20.0 Å². The molecule has 6 nitrogen and oxygen atoms in total. The van der Waals surface area contributed by atoms with Gasteiger partial charge in [-0.2, -0.15) is 10.5 Å². The zero-order valence-electron chi connectivity index (χ0n) is 11.6. The van der Waals surface area contributed by atoms with E-state index in [0.29, 0.717) is 26.0 Å². The average Bonchev–Trinajstić information content (AvgIpc) is 2.49. The van der Waals surface area contributed by atoms with Gasteiger partial charge in [-0.1, -0.05) is 0 Å². The number of rotatable bonds is 4. The van der Waals surface area contributed by atoms with Crippen LogP contribution in [-0.4, -0.2) is 43.9 Å². The van der Waals surface area contributed by atoms with Crippen LogP contribution in [0.15, 0.2) is 0 Å². The van der Waals surface area contributed by atoms with Crippen molar-refractivity contribution in [1.29, 1.82) is 10.5 Å². The highest BCUT2D eigenvalue weighted by Crippen LogP contribution is 2.24. The maximum absolute atomic E-state index is 11.8. The summed E-state index contributed by atoms with van der Waals surface area (Å²) in [5.74, 6) is -0.0774. The number of hydrogen-bond acceptors (Lipinski definition) is 5. The molecule has 2 unspecified atom stereocenters. The number of methoxy groups -OCH3 is 1. The summed E-state index contributed by atoms with van der Waals surface area (Å²) < 4.78 is 9.83. The normalized spacial score (nSPS) is 20.8. The monoisotopic (exact) mass is 277 g/mol. The number of carbonyl (C=O) groups excluding carboxylic acids is 1. The second kappa shape index (κ2) is 10.7. The molecule has 0 aliphatic carbocycles. The van der Waals surface area contributed by atoms with E-state index >= 15 is 0 Å². The number of nitrogens with zero attached hydrogens (tertiary/aromatic N) is 3. The molecule has 1 saturated heterocycles. The van der Waals surface area contributed by atoms with Crippen molar-refractivity contribution < 1.29 is 14.3 Å². The molecule has 20 heavy (non-hydrogen) atoms. The van der Waals surface area contributed by atoms with Crippen molar-refractivity contribution in [2.45, 2.75) is 25.3 Å². The van der Waals surface area contributed by atoms with Crippen molar-refractivity contribution in [3.05, 3.63) is 0 Å². The molecule has 0 bridgehead atoms. The highest BCUT2D eigenvalue weighted by atomic mass is 16.6. The molecule has 1 rings (SSSR count). The molecule has 0 N–H and O–H groups in total. The first-order valence-electron chi connectivity index (χ1n) is 6.25. The molecule has 1 heterocycles. The first kappa shape index (κ1) is 17.8. The van der Waals surface area contributed by atoms with Crippen LogP contribution in [0.4, 0.5) is 4.79 Å². The van der Waals surface area contributed by atoms with Crippen molar-refractivity contribution in [2.75, 3.05) is 26.9 Å². The van der Waals surface area contributed by atoms with Crippen LogP contribution in [-0.2, 0) is 9.47 Å². The number of nitriles is 2. The molecule has 1 aliphatic rings. The first-order valence-corrected chi connectivity index (χ1v) is 6.25. The van der Waals surface area contributed by atoms with E-state index < -0.39 is 6.09 Å². The predicted molar refractivity (Wildman–Crippen MR) is 72.2 cm³/mol. The third-order valence-corrected chi connectivity index (χ3v) is 2.97. The van der Waals surface area contributed by atoms with Crippen LogP contribution in [0.25, 0.3) is 0 Å². The Morgan fingerprint density at radius 1 is 1.40 bits per heavy atom. The average molecular weight is 277 g/mol. The zero-order chi connectivity index (χ0) is 15.4. The Balaban J connectivity index is 0.00000172. The van der Waals surface area contributed by atoms with Crippen LogP contribution < -0.4 is 0 Å². The number of hydrogen-bond donors (Lipinski definition) is 0. The summed E-state index contributed by atoms with van der Waals surface area (Å²) in [7, 11) is 1.53. The van der Waals surface area contributed by atoms with Crippen molar-refractivity contribution in [1.82, 2.24) is 4.90 Å². The van der Waals surface area contributed by atoms with Gasteiger partial charge in [0, 0.05) is 25.6 Å². The quantitative estimate of drug-likeness (QED) is 0.574. The Bertz CT molecular complexity index is 395. The molecule has 0 spiro atoms. The molecular weight excluding hydrogens is 258 g/mol. The predicted octanol–water partition coefficient (Wildman–Crippen LogP) is 1.54. The van der Waals surface area contributed by atoms with Gasteiger partial charge < -0.3 is 14.4 Å². The van der Waals surface area contributed by atoms with Gasteiger partial charge in [0.05, 0.1) is 25.2 Å². The van der Waals surface area contributed by atoms with Crippen LogP contribution in [0.2, 0.25) is 0 Å². The van der Waals surface area contributed by atoms with Crippen molar-refractivity contribution >= 4 is 6.09 Å². The molecule has 1 amide bonds. The summed E-state index contributed by atoms with van der Waals surface area (Å²) in [5.41, 5.74) is 0. The Morgan fingerprint density at radius 3 is 2.65 bits per heavy atom. The van der Waals surface area contributed by atoms with Crippen LogP contribution in [0.5, 0.6) is 0 Å². The number of amides is 1. The highest BCUT2D eigenvalue weighted by molar-refractivity contribution is 5.68. The Kier molecular flexibility index (Phi) is 9.48. The minimum atomic E-state index is -0.427. The number of carbonyl (C=O) groups is 1. The summed E-state index contributed by atoms with van der Waals surface area (Å²) >= 11 is 0. The lowest BCUT2D eigenvalue weighted by Gasteiger charge is -2.35. The molecule has 0 aromatic carbocycles. The largest absolute Gasteiger partial charge is 0.447 e. The van der Waals surface area contributed by atoms with Gasteiger partial charge in [-0.15, -0.1) is 12.8 Å². The van der Waals surface area contributed by atoms with Crippen LogP contribution in [0, 0.1) is 41.4 Å². The van der Waals surface area contributed by atoms with E-state index in [2.05, 4.69) is 25.0 Å². The number of ether oxygens (including phenoxy) is 2. The summed E-state index contributed by atoms with van der Waals surface area (Å²) in [6.07, 6.45) is 8.99. The van der Waals surface area contributed by atoms with Gasteiger partial charge in [0.25, 0.3) is 0 Å². The lowest BCUT2D eigenvalue weighted by atomic mass is 9.91. The van der Waals surface area contributed by atoms with E-state index in [1.54, 1.807) is 4.90 Å². The van der Waals surface area contributed by atoms with Gasteiger partial charge in [-0.25, -0.2) is 4.79 Å². The first-order chi connectivity index (χ1) is 9.72. The van der Waals surface area contributed by atoms with Crippen LogP contribution in [0.3, 0.4) is 0 Å². The molecule has 2 atom stereocenters. The van der Waals surface area contributed by atoms with Gasteiger partial charge in [0.1, 0.15) is 6.61 Å². The Labute approximate surface area is 119 Å². The van der Waals surface area contributed by atoms with Gasteiger partial charge >= 0.3 is 6.09 Å². The maximum Gasteiger partial charge on any atom is 0.410 e. The summed E-state index contributed by atoms with van der Waals surface area (Å²) in [4.78, 5) is 13.4. The minimum Gasteiger partial charge on any atom is -0.447 e. The molecule has 0 aromatic rings. The fourth-order valence-electron chi connectivity index (χ4n) is 2.00. The van der Waals surface area contributed by atoms with Gasteiger partial charge in [0.2, 0.25) is 0 Å². The van der Waals surface area contributed by atoms with Crippen LogP contribution >= 0.6 is 0 Å². The van der Waals surface area contributed by atoms with Crippen molar-refractivity contribution in [3.63, 3.8) is 0 Å². The van der Waals surface area contributed by atoms with Gasteiger partial charge in [0.15, 0.2) is 0 Å². The number of terminal acetylenes is 1. The second-order valence-corrected chi connectivity index (χ2v) is 4.17. The molecule has 108 valence electrons. The molecule has 6 heteroatoms. The molecular formula is C14H19N3O3. The van der Waals surface area contributed by atoms with E-state index in [0.717, 1.165) is 0 Å². The third-order valence-electron chi connectivity index (χ3n) is 2.97. The fraction of sp³-hybridized carbons (Fsp3) is 0.643. The standard InChI is InChI=1S/C12H17N3O3.C2H2/c1-17-6-7-18-12(16)15-5-3-10(9-14)8-11(15)2-4-13;1-2/h10-11H,2-3,5-8H2,1H3;1-2H. The van der Waals surface area contributed by atoms with Crippen molar-refractivity contribution in [2.24, 2.45) is 5.92 Å². The summed E-state index contributed by atoms with van der Waals surface area (Å²) in [6.45, 7) is 1.02. The summed E-state index contributed by atoms with van der Waals surface area (Å²) in [6, 6.07) is 4.03. The van der Waals surface area contributed by atoms with E-state index in [1.165, 1.54) is 7.11 Å². The SMILES string of the molecule is C#C.COCCOC(=O)N1CCC(C#N)CC1CC#N. The van der Waals surface area contributed by atoms with Gasteiger partial charge in [-0.05, 0) is 12.8 Å². The molecule has 1 aliphatic heterocycles. The molecule has 1 fully saturated rings. The Morgan fingerprint density at radius 2 is 2.10 bits per heavy atom. The molecule has 0 radical (unpaired) electrons. The second-order valence-electron chi connectivity index (χ2n) is 4.17. The van der Waals surface area contributed by atoms with Crippen molar-refractivity contribution in [3.8, 4) is 25.0 Å². The lowest BCUT2D eigenvalue weighted by Crippen LogP contribution is -2.46. The topological polar surface area (TPSA) is 86.3 Å². The van der Waals surface area contributed by atoms with E-state index in [-0.39, 0.29) is 25.0 Å². The third kappa shape index (κ3) is 5.61.